The number of aromatic nitrogens is 6. The van der Waals surface area contributed by atoms with Crippen LogP contribution in [0, 0.1) is 0 Å². The van der Waals surface area contributed by atoms with E-state index in [1.165, 1.54) is 0 Å². The van der Waals surface area contributed by atoms with Gasteiger partial charge in [-0.05, 0) is 119 Å². The van der Waals surface area contributed by atoms with E-state index in [4.69, 9.17) is 9.97 Å². The van der Waals surface area contributed by atoms with Gasteiger partial charge in [-0.25, -0.2) is 0 Å². The first-order chi connectivity index (χ1) is 25.8. The highest BCUT2D eigenvalue weighted by molar-refractivity contribution is 6.22. The van der Waals surface area contributed by atoms with Crippen molar-refractivity contribution in [2.75, 3.05) is 9.80 Å². The molecule has 0 N–H and O–H groups in total. The number of fused-ring (bicyclic) bond motifs is 2. The van der Waals surface area contributed by atoms with Gasteiger partial charge in [0.2, 0.25) is 0 Å². The van der Waals surface area contributed by atoms with Gasteiger partial charge in [0.05, 0.1) is 58.9 Å². The van der Waals surface area contributed by atoms with Gasteiger partial charge < -0.3 is 9.80 Å². The molecule has 8 heteroatoms. The highest BCUT2D eigenvalue weighted by atomic mass is 15.2. The van der Waals surface area contributed by atoms with Crippen molar-refractivity contribution >= 4 is 55.7 Å². The molecule has 0 bridgehead atoms. The summed E-state index contributed by atoms with van der Waals surface area (Å²) in [5.41, 5.74) is 9.45. The molecule has 8 nitrogen and oxygen atoms in total. The number of pyridine rings is 6. The number of anilines is 6. The van der Waals surface area contributed by atoms with Crippen molar-refractivity contribution in [2.24, 2.45) is 0 Å². The molecule has 6 aromatic heterocycles. The van der Waals surface area contributed by atoms with Gasteiger partial charge in [0.25, 0.3) is 0 Å². The quantitative estimate of drug-likeness (QED) is 0.148. The first-order valence-electron chi connectivity index (χ1n) is 16.9. The van der Waals surface area contributed by atoms with Crippen molar-refractivity contribution in [3.05, 3.63) is 183 Å². The lowest BCUT2D eigenvalue weighted by molar-refractivity contribution is 1.20. The van der Waals surface area contributed by atoms with E-state index in [2.05, 4.69) is 103 Å². The lowest BCUT2D eigenvalue weighted by Crippen LogP contribution is -2.11. The van der Waals surface area contributed by atoms with Gasteiger partial charge in [0, 0.05) is 59.7 Å². The Labute approximate surface area is 300 Å². The molecule has 0 saturated heterocycles. The molecule has 0 saturated carbocycles. The van der Waals surface area contributed by atoms with Gasteiger partial charge in [0.15, 0.2) is 0 Å². The summed E-state index contributed by atoms with van der Waals surface area (Å²) in [5, 5.41) is 4.20. The molecular weight excluding hydrogens is 641 g/mol. The second-order valence-electron chi connectivity index (χ2n) is 12.2. The zero-order valence-electron chi connectivity index (χ0n) is 27.9. The van der Waals surface area contributed by atoms with Gasteiger partial charge >= 0.3 is 0 Å². The molecule has 0 aliphatic heterocycles. The van der Waals surface area contributed by atoms with Crippen molar-refractivity contribution in [1.29, 1.82) is 0 Å². The molecule has 3 aromatic carbocycles. The van der Waals surface area contributed by atoms with Gasteiger partial charge in [0.1, 0.15) is 0 Å². The standard InChI is InChI=1S/C44H30N8/c1-3-23-49-41(13-1)43-37-17-15-32(52(35-11-7-21-47-29-35)36-12-8-22-48-30-36)26-40(37)44(42-14-2-4-24-50-42)38-18-16-31(25-39(38)43)51(33-9-5-19-45-27-33)34-10-6-20-46-28-34/h1-30H. The minimum absolute atomic E-state index is 0.876. The Balaban J connectivity index is 1.37. The summed E-state index contributed by atoms with van der Waals surface area (Å²) in [5.74, 6) is 0. The van der Waals surface area contributed by atoms with Crippen LogP contribution in [-0.4, -0.2) is 29.9 Å². The molecule has 0 unspecified atom stereocenters. The van der Waals surface area contributed by atoms with Crippen LogP contribution in [0.25, 0.3) is 44.1 Å². The summed E-state index contributed by atoms with van der Waals surface area (Å²) < 4.78 is 0. The molecule has 0 spiro atoms. The van der Waals surface area contributed by atoms with E-state index in [0.29, 0.717) is 0 Å². The number of nitrogens with zero attached hydrogens (tertiary/aromatic N) is 8. The minimum Gasteiger partial charge on any atom is -0.307 e. The van der Waals surface area contributed by atoms with Crippen molar-refractivity contribution in [3.8, 4) is 22.5 Å². The summed E-state index contributed by atoms with van der Waals surface area (Å²) in [6.45, 7) is 0. The normalized spacial score (nSPS) is 11.1. The first kappa shape index (κ1) is 30.7. The van der Waals surface area contributed by atoms with Crippen LogP contribution >= 0.6 is 0 Å². The van der Waals surface area contributed by atoms with Crippen LogP contribution in [0.1, 0.15) is 0 Å². The van der Waals surface area contributed by atoms with Crippen molar-refractivity contribution in [2.45, 2.75) is 0 Å². The molecule has 9 aromatic rings. The molecule has 0 fully saturated rings. The number of rotatable bonds is 8. The largest absolute Gasteiger partial charge is 0.307 e. The predicted molar refractivity (Wildman–Crippen MR) is 208 cm³/mol. The van der Waals surface area contributed by atoms with Gasteiger partial charge in [-0.3, -0.25) is 29.9 Å². The topological polar surface area (TPSA) is 83.8 Å². The molecule has 0 amide bonds. The fourth-order valence-electron chi connectivity index (χ4n) is 6.89. The Kier molecular flexibility index (Phi) is 7.99. The average molecular weight is 671 g/mol. The third-order valence-electron chi connectivity index (χ3n) is 9.06. The van der Waals surface area contributed by atoms with Crippen LogP contribution in [0.5, 0.6) is 0 Å². The van der Waals surface area contributed by atoms with E-state index >= 15 is 0 Å². The predicted octanol–water partition coefficient (Wildman–Crippen LogP) is 10.6. The van der Waals surface area contributed by atoms with Crippen LogP contribution in [0.2, 0.25) is 0 Å². The fraction of sp³-hybridized carbons (Fsp3) is 0. The Hall–Kier alpha value is -7.32. The second kappa shape index (κ2) is 13.5. The lowest BCUT2D eigenvalue weighted by Gasteiger charge is -2.27. The maximum atomic E-state index is 4.92. The van der Waals surface area contributed by atoms with Crippen molar-refractivity contribution < 1.29 is 0 Å². The van der Waals surface area contributed by atoms with Crippen LogP contribution in [0.4, 0.5) is 34.1 Å². The highest BCUT2D eigenvalue weighted by Gasteiger charge is 2.22. The van der Waals surface area contributed by atoms with Gasteiger partial charge in [-0.1, -0.05) is 24.3 Å². The molecule has 0 aliphatic rings. The fourth-order valence-corrected chi connectivity index (χ4v) is 6.89. The summed E-state index contributed by atoms with van der Waals surface area (Å²) in [7, 11) is 0. The highest BCUT2D eigenvalue weighted by Crippen LogP contribution is 2.47. The number of hydrogen-bond donors (Lipinski definition) is 0. The second-order valence-corrected chi connectivity index (χ2v) is 12.2. The number of benzene rings is 3. The molecule has 52 heavy (non-hydrogen) atoms. The molecule has 0 aliphatic carbocycles. The molecule has 246 valence electrons. The third kappa shape index (κ3) is 5.64. The summed E-state index contributed by atoms with van der Waals surface area (Å²) in [6.07, 6.45) is 18.3. The van der Waals surface area contributed by atoms with E-state index in [0.717, 1.165) is 78.2 Å². The minimum atomic E-state index is 0.876. The Morgan fingerprint density at radius 1 is 0.308 bits per heavy atom. The first-order valence-corrected chi connectivity index (χ1v) is 16.9. The molecule has 0 radical (unpaired) electrons. The van der Waals surface area contributed by atoms with E-state index in [-0.39, 0.29) is 0 Å². The number of hydrogen-bond acceptors (Lipinski definition) is 8. The molecule has 9 rings (SSSR count). The van der Waals surface area contributed by atoms with E-state index in [1.807, 2.05) is 85.7 Å². The smallest absolute Gasteiger partial charge is 0.0714 e. The maximum absolute atomic E-state index is 4.92. The molecule has 6 heterocycles. The monoisotopic (exact) mass is 670 g/mol. The lowest BCUT2D eigenvalue weighted by atomic mass is 9.88. The SMILES string of the molecule is c1ccc(-c2c3ccc(N(c4cccnc4)c4cccnc4)cc3c(-c3ccccn3)c3ccc(N(c4cccnc4)c4cccnc4)cc23)nc1. The van der Waals surface area contributed by atoms with Crippen molar-refractivity contribution in [3.63, 3.8) is 0 Å². The van der Waals surface area contributed by atoms with Crippen LogP contribution in [0.15, 0.2) is 183 Å². The van der Waals surface area contributed by atoms with Gasteiger partial charge in [-0.15, -0.1) is 0 Å². The Morgan fingerprint density at radius 2 is 0.692 bits per heavy atom. The van der Waals surface area contributed by atoms with Crippen LogP contribution in [-0.2, 0) is 0 Å². The Bertz CT molecular complexity index is 2340. The van der Waals surface area contributed by atoms with E-state index in [1.54, 1.807) is 24.8 Å². The Morgan fingerprint density at radius 3 is 1.00 bits per heavy atom. The summed E-state index contributed by atoms with van der Waals surface area (Å²) in [4.78, 5) is 32.0. The summed E-state index contributed by atoms with van der Waals surface area (Å²) >= 11 is 0. The van der Waals surface area contributed by atoms with E-state index < -0.39 is 0 Å². The summed E-state index contributed by atoms with van der Waals surface area (Å²) in [6, 6.07) is 41.4. The van der Waals surface area contributed by atoms with E-state index in [9.17, 15) is 0 Å². The average Bonchev–Trinajstić information content (AvgIpc) is 3.22. The molecular formula is C44H30N8. The molecule has 0 atom stereocenters. The zero-order chi connectivity index (χ0) is 34.7. The van der Waals surface area contributed by atoms with Gasteiger partial charge in [-0.2, -0.15) is 0 Å². The maximum Gasteiger partial charge on any atom is 0.0714 e. The van der Waals surface area contributed by atoms with Crippen LogP contribution in [0.3, 0.4) is 0 Å². The van der Waals surface area contributed by atoms with Crippen LogP contribution < -0.4 is 9.80 Å². The van der Waals surface area contributed by atoms with Crippen molar-refractivity contribution in [1.82, 2.24) is 29.9 Å². The zero-order valence-corrected chi connectivity index (χ0v) is 27.9. The third-order valence-corrected chi connectivity index (χ3v) is 9.06.